The van der Waals surface area contributed by atoms with E-state index in [9.17, 15) is 14.0 Å². The summed E-state index contributed by atoms with van der Waals surface area (Å²) in [5.74, 6) is -0.920. The minimum atomic E-state index is -0.444. The van der Waals surface area contributed by atoms with E-state index in [0.29, 0.717) is 17.7 Å². The predicted octanol–water partition coefficient (Wildman–Crippen LogP) is 4.13. The largest absolute Gasteiger partial charge is 0.461 e. The molecule has 0 aliphatic rings. The lowest BCUT2D eigenvalue weighted by Crippen LogP contribution is -2.08. The lowest BCUT2D eigenvalue weighted by atomic mass is 10.1. The number of H-pyrrole nitrogens is 1. The van der Waals surface area contributed by atoms with Gasteiger partial charge in [0.2, 0.25) is 0 Å². The van der Waals surface area contributed by atoms with Crippen molar-refractivity contribution in [2.45, 2.75) is 12.8 Å². The number of benzene rings is 2. The van der Waals surface area contributed by atoms with Crippen LogP contribution >= 0.6 is 0 Å². The van der Waals surface area contributed by atoms with Gasteiger partial charge in [-0.1, -0.05) is 18.2 Å². The SMILES string of the molecule is O=C(CCCOC(=O)c1cc2ccccc2[nH]1)c1ccc(F)cc1. The number of carbonyl (C=O) groups excluding carboxylic acids is 2. The first-order valence-corrected chi connectivity index (χ1v) is 7.67. The van der Waals surface area contributed by atoms with Gasteiger partial charge in [-0.05, 0) is 42.8 Å². The van der Waals surface area contributed by atoms with Crippen LogP contribution in [0.3, 0.4) is 0 Å². The smallest absolute Gasteiger partial charge is 0.354 e. The first-order chi connectivity index (χ1) is 11.6. The number of Topliss-reactive ketones (excluding diaryl/α,β-unsaturated/α-hetero) is 1. The van der Waals surface area contributed by atoms with E-state index in [4.69, 9.17) is 4.74 Å². The Morgan fingerprint density at radius 1 is 1.04 bits per heavy atom. The van der Waals surface area contributed by atoms with Gasteiger partial charge in [-0.15, -0.1) is 0 Å². The van der Waals surface area contributed by atoms with Gasteiger partial charge in [0, 0.05) is 22.9 Å². The zero-order chi connectivity index (χ0) is 16.9. The highest BCUT2D eigenvalue weighted by atomic mass is 19.1. The van der Waals surface area contributed by atoms with Crippen molar-refractivity contribution in [3.05, 3.63) is 71.7 Å². The molecule has 1 aromatic heterocycles. The average Bonchev–Trinajstić information content (AvgIpc) is 3.03. The van der Waals surface area contributed by atoms with Gasteiger partial charge in [-0.25, -0.2) is 9.18 Å². The van der Waals surface area contributed by atoms with Gasteiger partial charge < -0.3 is 9.72 Å². The number of halogens is 1. The average molecular weight is 325 g/mol. The molecule has 122 valence electrons. The van der Waals surface area contributed by atoms with Gasteiger partial charge in [-0.3, -0.25) is 4.79 Å². The Hall–Kier alpha value is -2.95. The van der Waals surface area contributed by atoms with Crippen LogP contribution in [0.15, 0.2) is 54.6 Å². The number of aromatic amines is 1. The molecule has 0 saturated heterocycles. The molecule has 0 bridgehead atoms. The summed E-state index contributed by atoms with van der Waals surface area (Å²) in [6, 6.07) is 14.7. The molecule has 0 saturated carbocycles. The maximum Gasteiger partial charge on any atom is 0.354 e. The molecule has 24 heavy (non-hydrogen) atoms. The van der Waals surface area contributed by atoms with Crippen molar-refractivity contribution in [2.24, 2.45) is 0 Å². The van der Waals surface area contributed by atoms with Gasteiger partial charge in [0.05, 0.1) is 6.61 Å². The second kappa shape index (κ2) is 7.08. The van der Waals surface area contributed by atoms with Crippen molar-refractivity contribution in [1.82, 2.24) is 4.98 Å². The normalized spacial score (nSPS) is 10.7. The lowest BCUT2D eigenvalue weighted by molar-refractivity contribution is 0.0488. The van der Waals surface area contributed by atoms with Crippen LogP contribution in [-0.2, 0) is 4.74 Å². The summed E-state index contributed by atoms with van der Waals surface area (Å²) in [5, 5.41) is 0.941. The molecule has 0 amide bonds. The predicted molar refractivity (Wildman–Crippen MR) is 88.5 cm³/mol. The quantitative estimate of drug-likeness (QED) is 0.421. The number of esters is 1. The molecular formula is C19H16FNO3. The fourth-order valence-electron chi connectivity index (χ4n) is 2.44. The van der Waals surface area contributed by atoms with Crippen LogP contribution in [0.25, 0.3) is 10.9 Å². The van der Waals surface area contributed by atoms with Gasteiger partial charge in [-0.2, -0.15) is 0 Å². The molecule has 0 atom stereocenters. The number of nitrogens with one attached hydrogen (secondary N) is 1. The molecule has 5 heteroatoms. The third-order valence-corrected chi connectivity index (χ3v) is 3.70. The van der Waals surface area contributed by atoms with E-state index >= 15 is 0 Å². The molecule has 0 radical (unpaired) electrons. The van der Waals surface area contributed by atoms with Crippen LogP contribution in [0.2, 0.25) is 0 Å². The monoisotopic (exact) mass is 325 g/mol. The summed E-state index contributed by atoms with van der Waals surface area (Å²) < 4.78 is 18.0. The van der Waals surface area contributed by atoms with Crippen molar-refractivity contribution >= 4 is 22.7 Å². The second-order valence-corrected chi connectivity index (χ2v) is 5.44. The van der Waals surface area contributed by atoms with E-state index in [2.05, 4.69) is 4.98 Å². The summed E-state index contributed by atoms with van der Waals surface area (Å²) >= 11 is 0. The maximum absolute atomic E-state index is 12.8. The Bertz CT molecular complexity index is 835. The molecular weight excluding hydrogens is 309 g/mol. The summed E-state index contributed by atoms with van der Waals surface area (Å²) in [5.41, 5.74) is 1.72. The van der Waals surface area contributed by atoms with Crippen LogP contribution in [0, 0.1) is 5.82 Å². The highest BCUT2D eigenvalue weighted by molar-refractivity contribution is 5.96. The topological polar surface area (TPSA) is 59.2 Å². The fourth-order valence-corrected chi connectivity index (χ4v) is 2.44. The Labute approximate surface area is 138 Å². The summed E-state index contributed by atoms with van der Waals surface area (Å²) in [6.45, 7) is 0.154. The highest BCUT2D eigenvalue weighted by Crippen LogP contribution is 2.15. The van der Waals surface area contributed by atoms with E-state index in [1.165, 1.54) is 24.3 Å². The van der Waals surface area contributed by atoms with Crippen molar-refractivity contribution in [3.63, 3.8) is 0 Å². The Morgan fingerprint density at radius 2 is 1.79 bits per heavy atom. The van der Waals surface area contributed by atoms with E-state index in [0.717, 1.165) is 10.9 Å². The lowest BCUT2D eigenvalue weighted by Gasteiger charge is -2.03. The third-order valence-electron chi connectivity index (χ3n) is 3.70. The standard InChI is InChI=1S/C19H16FNO3/c20-15-9-7-13(8-10-15)18(22)6-3-11-24-19(23)17-12-14-4-1-2-5-16(14)21-17/h1-2,4-5,7-10,12,21H,3,6,11H2. The van der Waals surface area contributed by atoms with Crippen molar-refractivity contribution in [1.29, 1.82) is 0 Å². The van der Waals surface area contributed by atoms with E-state index in [-0.39, 0.29) is 24.6 Å². The van der Waals surface area contributed by atoms with Crippen molar-refractivity contribution in [2.75, 3.05) is 6.61 Å². The third kappa shape index (κ3) is 3.68. The molecule has 0 aliphatic heterocycles. The number of hydrogen-bond acceptors (Lipinski definition) is 3. The number of ketones is 1. The number of ether oxygens (including phenoxy) is 1. The second-order valence-electron chi connectivity index (χ2n) is 5.44. The Morgan fingerprint density at radius 3 is 2.54 bits per heavy atom. The van der Waals surface area contributed by atoms with Gasteiger partial charge in [0.1, 0.15) is 11.5 Å². The number of aromatic nitrogens is 1. The van der Waals surface area contributed by atoms with Crippen LogP contribution < -0.4 is 0 Å². The van der Waals surface area contributed by atoms with Crippen LogP contribution in [0.1, 0.15) is 33.7 Å². The minimum Gasteiger partial charge on any atom is -0.461 e. The van der Waals surface area contributed by atoms with E-state index in [1.54, 1.807) is 6.07 Å². The molecule has 2 aromatic carbocycles. The van der Waals surface area contributed by atoms with Crippen LogP contribution in [0.4, 0.5) is 4.39 Å². The van der Waals surface area contributed by atoms with Crippen molar-refractivity contribution in [3.8, 4) is 0 Å². The summed E-state index contributed by atoms with van der Waals surface area (Å²) in [7, 11) is 0. The maximum atomic E-state index is 12.8. The molecule has 0 unspecified atom stereocenters. The number of hydrogen-bond donors (Lipinski definition) is 1. The van der Waals surface area contributed by atoms with E-state index < -0.39 is 5.97 Å². The zero-order valence-corrected chi connectivity index (χ0v) is 12.9. The first-order valence-electron chi connectivity index (χ1n) is 7.67. The van der Waals surface area contributed by atoms with Crippen LogP contribution in [-0.4, -0.2) is 23.3 Å². The van der Waals surface area contributed by atoms with E-state index in [1.807, 2.05) is 24.3 Å². The number of rotatable bonds is 6. The molecule has 1 N–H and O–H groups in total. The van der Waals surface area contributed by atoms with Gasteiger partial charge in [0.15, 0.2) is 5.78 Å². The molecule has 3 rings (SSSR count). The Balaban J connectivity index is 1.48. The minimum absolute atomic E-state index is 0.100. The van der Waals surface area contributed by atoms with Crippen molar-refractivity contribution < 1.29 is 18.7 Å². The number of para-hydroxylation sites is 1. The molecule has 0 fully saturated rings. The van der Waals surface area contributed by atoms with Gasteiger partial charge >= 0.3 is 5.97 Å². The molecule has 0 aliphatic carbocycles. The zero-order valence-electron chi connectivity index (χ0n) is 12.9. The Kier molecular flexibility index (Phi) is 4.70. The summed E-state index contributed by atoms with van der Waals surface area (Å²) in [6.07, 6.45) is 0.661. The van der Waals surface area contributed by atoms with Crippen LogP contribution in [0.5, 0.6) is 0 Å². The molecule has 0 spiro atoms. The fraction of sp³-hybridized carbons (Fsp3) is 0.158. The highest BCUT2D eigenvalue weighted by Gasteiger charge is 2.11. The number of fused-ring (bicyclic) bond motifs is 1. The summed E-state index contributed by atoms with van der Waals surface area (Å²) in [4.78, 5) is 26.9. The molecule has 4 nitrogen and oxygen atoms in total. The van der Waals surface area contributed by atoms with Gasteiger partial charge in [0.25, 0.3) is 0 Å². The first kappa shape index (κ1) is 15.9. The molecule has 1 heterocycles. The number of carbonyl (C=O) groups is 2. The molecule has 3 aromatic rings.